The zero-order valence-corrected chi connectivity index (χ0v) is 12.3. The number of aromatic nitrogens is 2. The first-order valence-electron chi connectivity index (χ1n) is 6.91. The van der Waals surface area contributed by atoms with E-state index < -0.39 is 12.1 Å². The number of carbonyl (C=O) groups is 2. The van der Waals surface area contributed by atoms with Gasteiger partial charge >= 0.3 is 5.97 Å². The second-order valence-electron chi connectivity index (χ2n) is 5.08. The zero-order valence-electron chi connectivity index (χ0n) is 12.3. The van der Waals surface area contributed by atoms with Crippen molar-refractivity contribution in [2.24, 2.45) is 0 Å². The van der Waals surface area contributed by atoms with E-state index in [1.165, 1.54) is 17.3 Å². The van der Waals surface area contributed by atoms with E-state index >= 15 is 0 Å². The Morgan fingerprint density at radius 1 is 1.32 bits per heavy atom. The number of rotatable bonds is 4. The number of nitrogens with one attached hydrogen (secondary N) is 1. The molecule has 0 aromatic carbocycles. The summed E-state index contributed by atoms with van der Waals surface area (Å²) >= 11 is 0. The summed E-state index contributed by atoms with van der Waals surface area (Å²) in [6, 6.07) is 0. The lowest BCUT2D eigenvalue weighted by Gasteiger charge is -2.21. The average molecular weight is 309 g/mol. The molecule has 1 amide bonds. The lowest BCUT2D eigenvalue weighted by Crippen LogP contribution is -2.37. The van der Waals surface area contributed by atoms with Crippen LogP contribution in [0.15, 0.2) is 12.4 Å². The van der Waals surface area contributed by atoms with Gasteiger partial charge in [0.05, 0.1) is 18.2 Å². The number of β-amino-alcohol motifs (C(OH)–C–C–N with tert-alkyl or cyclic N) is 1. The first kappa shape index (κ1) is 16.1. The molecule has 1 aromatic heterocycles. The summed E-state index contributed by atoms with van der Waals surface area (Å²) in [7, 11) is 1.68. The number of anilines is 1. The van der Waals surface area contributed by atoms with Gasteiger partial charge in [-0.15, -0.1) is 0 Å². The van der Waals surface area contributed by atoms with Crippen molar-refractivity contribution in [3.8, 4) is 0 Å². The topological polar surface area (TPSA) is 119 Å². The highest BCUT2D eigenvalue weighted by atomic mass is 16.4. The molecule has 1 aromatic rings. The van der Waals surface area contributed by atoms with E-state index in [0.717, 1.165) is 0 Å². The molecule has 0 bridgehead atoms. The fourth-order valence-electron chi connectivity index (χ4n) is 2.32. The van der Waals surface area contributed by atoms with Crippen LogP contribution in [0.2, 0.25) is 0 Å². The number of carbonyl (C=O) groups excluding carboxylic acids is 1. The van der Waals surface area contributed by atoms with Crippen molar-refractivity contribution in [2.45, 2.75) is 6.10 Å². The van der Waals surface area contributed by atoms with Gasteiger partial charge in [-0.3, -0.25) is 14.5 Å². The number of aliphatic hydroxyl groups is 1. The smallest absolute Gasteiger partial charge is 0.317 e. The lowest BCUT2D eigenvalue weighted by atomic mass is 10.2. The number of carboxylic acid groups (broad SMARTS) is 1. The number of nitrogens with zero attached hydrogens (tertiary/aromatic N) is 4. The number of aliphatic carboxylic acids is 1. The molecule has 2 rings (SSSR count). The van der Waals surface area contributed by atoms with Crippen LogP contribution in [0, 0.1) is 0 Å². The van der Waals surface area contributed by atoms with Crippen LogP contribution < -0.4 is 5.32 Å². The van der Waals surface area contributed by atoms with Gasteiger partial charge in [-0.05, 0) is 0 Å². The summed E-state index contributed by atoms with van der Waals surface area (Å²) in [6.45, 7) is 0.967. The molecule has 9 nitrogen and oxygen atoms in total. The first-order chi connectivity index (χ1) is 10.5. The van der Waals surface area contributed by atoms with Crippen LogP contribution in [0.25, 0.3) is 0 Å². The second kappa shape index (κ2) is 7.14. The normalized spacial score (nSPS) is 19.5. The van der Waals surface area contributed by atoms with Crippen LogP contribution in [-0.4, -0.2) is 87.7 Å². The Morgan fingerprint density at radius 3 is 2.59 bits per heavy atom. The molecule has 1 saturated heterocycles. The van der Waals surface area contributed by atoms with Crippen molar-refractivity contribution in [3.05, 3.63) is 18.0 Å². The summed E-state index contributed by atoms with van der Waals surface area (Å²) in [4.78, 5) is 34.2. The van der Waals surface area contributed by atoms with E-state index in [2.05, 4.69) is 15.3 Å². The Labute approximate surface area is 127 Å². The average Bonchev–Trinajstić information content (AvgIpc) is 2.67. The molecule has 1 aliphatic heterocycles. The third kappa shape index (κ3) is 4.12. The van der Waals surface area contributed by atoms with Crippen LogP contribution in [-0.2, 0) is 4.79 Å². The van der Waals surface area contributed by atoms with E-state index in [-0.39, 0.29) is 25.5 Å². The van der Waals surface area contributed by atoms with Crippen LogP contribution in [0.4, 0.5) is 5.95 Å². The van der Waals surface area contributed by atoms with Crippen LogP contribution in [0.1, 0.15) is 10.4 Å². The van der Waals surface area contributed by atoms with Crippen molar-refractivity contribution < 1.29 is 19.8 Å². The largest absolute Gasteiger partial charge is 0.480 e. The number of aliphatic hydroxyl groups excluding tert-OH is 1. The molecule has 1 aliphatic rings. The van der Waals surface area contributed by atoms with Crippen LogP contribution in [0.3, 0.4) is 0 Å². The van der Waals surface area contributed by atoms with Crippen molar-refractivity contribution in [1.29, 1.82) is 0 Å². The van der Waals surface area contributed by atoms with Crippen LogP contribution in [0.5, 0.6) is 0 Å². The number of hydrogen-bond acceptors (Lipinski definition) is 7. The van der Waals surface area contributed by atoms with Gasteiger partial charge < -0.3 is 20.4 Å². The van der Waals surface area contributed by atoms with Gasteiger partial charge in [-0.1, -0.05) is 0 Å². The van der Waals surface area contributed by atoms with Gasteiger partial charge in [0.15, 0.2) is 0 Å². The first-order valence-corrected chi connectivity index (χ1v) is 6.91. The van der Waals surface area contributed by atoms with Gasteiger partial charge in [0.1, 0.15) is 0 Å². The Bertz CT molecular complexity index is 536. The molecule has 1 fully saturated rings. The minimum absolute atomic E-state index is 0.154. The van der Waals surface area contributed by atoms with Gasteiger partial charge in [0, 0.05) is 45.6 Å². The highest BCUT2D eigenvalue weighted by Gasteiger charge is 2.26. The van der Waals surface area contributed by atoms with Crippen molar-refractivity contribution in [2.75, 3.05) is 45.1 Å². The molecule has 0 radical (unpaired) electrons. The minimum Gasteiger partial charge on any atom is -0.480 e. The predicted octanol–water partition coefficient (Wildman–Crippen LogP) is -1.28. The minimum atomic E-state index is -0.956. The maximum absolute atomic E-state index is 12.4. The molecule has 22 heavy (non-hydrogen) atoms. The Kier molecular flexibility index (Phi) is 5.23. The molecule has 0 aliphatic carbocycles. The summed E-state index contributed by atoms with van der Waals surface area (Å²) in [5.74, 6) is -0.818. The SMILES string of the molecule is CNc1ncc(C(=O)N2CCN(CC(=O)O)CC(O)C2)cn1. The molecule has 1 atom stereocenters. The van der Waals surface area contributed by atoms with Gasteiger partial charge in [-0.25, -0.2) is 9.97 Å². The third-order valence-electron chi connectivity index (χ3n) is 3.35. The molecule has 1 unspecified atom stereocenters. The zero-order chi connectivity index (χ0) is 16.1. The fraction of sp³-hybridized carbons (Fsp3) is 0.538. The quantitative estimate of drug-likeness (QED) is 0.629. The van der Waals surface area contributed by atoms with Gasteiger partial charge in [0.2, 0.25) is 5.95 Å². The Morgan fingerprint density at radius 2 is 2.00 bits per heavy atom. The highest BCUT2D eigenvalue weighted by Crippen LogP contribution is 2.09. The molecular weight excluding hydrogens is 290 g/mol. The predicted molar refractivity (Wildman–Crippen MR) is 77.6 cm³/mol. The van der Waals surface area contributed by atoms with Crippen molar-refractivity contribution >= 4 is 17.8 Å². The second-order valence-corrected chi connectivity index (χ2v) is 5.08. The maximum Gasteiger partial charge on any atom is 0.317 e. The number of carboxylic acids is 1. The summed E-state index contributed by atoms with van der Waals surface area (Å²) in [5, 5.41) is 21.5. The monoisotopic (exact) mass is 309 g/mol. The van der Waals surface area contributed by atoms with E-state index in [0.29, 0.717) is 24.6 Å². The van der Waals surface area contributed by atoms with E-state index in [4.69, 9.17) is 5.11 Å². The number of hydrogen-bond donors (Lipinski definition) is 3. The Hall–Kier alpha value is -2.26. The summed E-state index contributed by atoms with van der Waals surface area (Å²) < 4.78 is 0. The molecule has 9 heteroatoms. The van der Waals surface area contributed by atoms with Crippen LogP contribution >= 0.6 is 0 Å². The highest BCUT2D eigenvalue weighted by molar-refractivity contribution is 5.93. The maximum atomic E-state index is 12.4. The standard InChI is InChI=1S/C13H19N5O4/c1-14-13-15-4-9(5-16-13)12(22)18-3-2-17(8-11(20)21)6-10(19)7-18/h4-5,10,19H,2-3,6-8H2,1H3,(H,20,21)(H,14,15,16). The summed E-state index contributed by atoms with van der Waals surface area (Å²) in [5.41, 5.74) is 0.331. The third-order valence-corrected chi connectivity index (χ3v) is 3.35. The van der Waals surface area contributed by atoms with E-state index in [1.54, 1.807) is 11.9 Å². The van der Waals surface area contributed by atoms with E-state index in [9.17, 15) is 14.7 Å². The number of amides is 1. The molecule has 0 spiro atoms. The van der Waals surface area contributed by atoms with E-state index in [1.807, 2.05) is 0 Å². The fourth-order valence-corrected chi connectivity index (χ4v) is 2.32. The molecule has 0 saturated carbocycles. The van der Waals surface area contributed by atoms with Gasteiger partial charge in [-0.2, -0.15) is 0 Å². The molecule has 2 heterocycles. The van der Waals surface area contributed by atoms with Gasteiger partial charge in [0.25, 0.3) is 5.91 Å². The van der Waals surface area contributed by atoms with Crippen molar-refractivity contribution in [3.63, 3.8) is 0 Å². The molecule has 3 N–H and O–H groups in total. The Balaban J connectivity index is 2.04. The lowest BCUT2D eigenvalue weighted by molar-refractivity contribution is -0.138. The molecular formula is C13H19N5O4. The summed E-state index contributed by atoms with van der Waals surface area (Å²) in [6.07, 6.45) is 2.06. The van der Waals surface area contributed by atoms with Crippen molar-refractivity contribution in [1.82, 2.24) is 19.8 Å². The molecule has 120 valence electrons.